The van der Waals surface area contributed by atoms with E-state index in [1.165, 1.54) is 5.56 Å². The molecule has 0 unspecified atom stereocenters. The number of methoxy groups -OCH3 is 1. The van der Waals surface area contributed by atoms with Gasteiger partial charge in [-0.25, -0.2) is 0 Å². The maximum absolute atomic E-state index is 13.3. The maximum Gasteiger partial charge on any atom is 0.290 e. The SMILES string of the molecule is COc1cccc(CN2C(=O)C(O)=C(c3ccc(C)cc3)[C@@H]2c2ccc(C(C)C)cc2)c1. The van der Waals surface area contributed by atoms with Crippen molar-refractivity contribution in [1.82, 2.24) is 4.90 Å². The number of rotatable bonds is 6. The molecule has 0 fully saturated rings. The van der Waals surface area contributed by atoms with Crippen molar-refractivity contribution in [2.24, 2.45) is 0 Å². The zero-order valence-corrected chi connectivity index (χ0v) is 19.0. The van der Waals surface area contributed by atoms with Crippen molar-refractivity contribution >= 4 is 11.5 Å². The van der Waals surface area contributed by atoms with Crippen molar-refractivity contribution < 1.29 is 14.6 Å². The number of aliphatic hydroxyl groups is 1. The molecule has 164 valence electrons. The van der Waals surface area contributed by atoms with Gasteiger partial charge < -0.3 is 14.7 Å². The minimum absolute atomic E-state index is 0.185. The Morgan fingerprint density at radius 3 is 2.31 bits per heavy atom. The molecule has 4 rings (SSSR count). The number of aryl methyl sites for hydroxylation is 1. The van der Waals surface area contributed by atoms with E-state index in [1.54, 1.807) is 12.0 Å². The van der Waals surface area contributed by atoms with Crippen LogP contribution in [0.5, 0.6) is 5.75 Å². The molecule has 1 aliphatic rings. The van der Waals surface area contributed by atoms with Crippen molar-refractivity contribution in [3.8, 4) is 5.75 Å². The van der Waals surface area contributed by atoms with E-state index in [1.807, 2.05) is 55.5 Å². The highest BCUT2D eigenvalue weighted by Gasteiger charge is 2.41. The van der Waals surface area contributed by atoms with Crippen LogP contribution in [-0.4, -0.2) is 23.0 Å². The lowest BCUT2D eigenvalue weighted by atomic mass is 9.91. The lowest BCUT2D eigenvalue weighted by Crippen LogP contribution is -2.29. The average Bonchev–Trinajstić information content (AvgIpc) is 3.05. The summed E-state index contributed by atoms with van der Waals surface area (Å²) in [7, 11) is 1.63. The molecule has 0 aliphatic carbocycles. The second-order valence-corrected chi connectivity index (χ2v) is 8.64. The fraction of sp³-hybridized carbons (Fsp3) is 0.250. The molecule has 0 aromatic heterocycles. The molecule has 32 heavy (non-hydrogen) atoms. The lowest BCUT2D eigenvalue weighted by molar-refractivity contribution is -0.130. The molecule has 0 bridgehead atoms. The second-order valence-electron chi connectivity index (χ2n) is 8.64. The third kappa shape index (κ3) is 4.13. The Bertz CT molecular complexity index is 1140. The summed E-state index contributed by atoms with van der Waals surface area (Å²) in [5, 5.41) is 11.0. The van der Waals surface area contributed by atoms with Crippen LogP contribution in [0.15, 0.2) is 78.6 Å². The highest BCUT2D eigenvalue weighted by atomic mass is 16.5. The van der Waals surface area contributed by atoms with Gasteiger partial charge in [-0.1, -0.05) is 80.1 Å². The van der Waals surface area contributed by atoms with Crippen molar-refractivity contribution in [2.75, 3.05) is 7.11 Å². The van der Waals surface area contributed by atoms with Crippen LogP contribution in [0.25, 0.3) is 5.57 Å². The van der Waals surface area contributed by atoms with Crippen molar-refractivity contribution in [3.05, 3.63) is 106 Å². The third-order valence-electron chi connectivity index (χ3n) is 6.07. The van der Waals surface area contributed by atoms with Gasteiger partial charge in [0.1, 0.15) is 5.75 Å². The predicted molar refractivity (Wildman–Crippen MR) is 128 cm³/mol. The first-order chi connectivity index (χ1) is 15.4. The highest BCUT2D eigenvalue weighted by molar-refractivity contribution is 6.05. The van der Waals surface area contributed by atoms with Gasteiger partial charge in [0.05, 0.1) is 13.2 Å². The molecule has 1 atom stereocenters. The molecular formula is C28H29NO3. The van der Waals surface area contributed by atoms with E-state index in [4.69, 9.17) is 4.74 Å². The van der Waals surface area contributed by atoms with Crippen LogP contribution in [0.3, 0.4) is 0 Å². The standard InChI is InChI=1S/C28H29NO3/c1-18(2)21-12-14-23(15-13-21)26-25(22-10-8-19(3)9-11-22)27(30)28(31)29(26)17-20-6-5-7-24(16-20)32-4/h5-16,18,26,30H,17H2,1-4H3/t26-/m0/s1. The molecule has 0 saturated heterocycles. The van der Waals surface area contributed by atoms with Gasteiger partial charge in [-0.3, -0.25) is 4.79 Å². The third-order valence-corrected chi connectivity index (χ3v) is 6.07. The van der Waals surface area contributed by atoms with E-state index < -0.39 is 0 Å². The topological polar surface area (TPSA) is 49.8 Å². The summed E-state index contributed by atoms with van der Waals surface area (Å²) in [6.45, 7) is 6.71. The Kier molecular flexibility index (Phi) is 6.04. The van der Waals surface area contributed by atoms with Crippen LogP contribution in [0.4, 0.5) is 0 Å². The van der Waals surface area contributed by atoms with Crippen LogP contribution >= 0.6 is 0 Å². The van der Waals surface area contributed by atoms with Crippen molar-refractivity contribution in [1.29, 1.82) is 0 Å². The average molecular weight is 428 g/mol. The normalized spacial score (nSPS) is 16.2. The fourth-order valence-corrected chi connectivity index (χ4v) is 4.22. The Labute approximate surface area is 189 Å². The summed E-state index contributed by atoms with van der Waals surface area (Å²) >= 11 is 0. The van der Waals surface area contributed by atoms with Gasteiger partial charge in [0.2, 0.25) is 0 Å². The molecule has 4 nitrogen and oxygen atoms in total. The summed E-state index contributed by atoms with van der Waals surface area (Å²) in [5.41, 5.74) is 5.79. The first-order valence-electron chi connectivity index (χ1n) is 10.9. The van der Waals surface area contributed by atoms with Crippen LogP contribution in [0.1, 0.15) is 53.6 Å². The number of aliphatic hydroxyl groups excluding tert-OH is 1. The van der Waals surface area contributed by atoms with Gasteiger partial charge in [0.15, 0.2) is 5.76 Å². The lowest BCUT2D eigenvalue weighted by Gasteiger charge is -2.28. The van der Waals surface area contributed by atoms with Gasteiger partial charge in [0, 0.05) is 12.1 Å². The Morgan fingerprint density at radius 1 is 1.00 bits per heavy atom. The summed E-state index contributed by atoms with van der Waals surface area (Å²) in [4.78, 5) is 15.0. The number of carbonyl (C=O) groups is 1. The quantitative estimate of drug-likeness (QED) is 0.511. The first-order valence-corrected chi connectivity index (χ1v) is 10.9. The Morgan fingerprint density at radius 2 is 1.69 bits per heavy atom. The molecule has 3 aromatic carbocycles. The number of amides is 1. The number of hydrogen-bond donors (Lipinski definition) is 1. The van der Waals surface area contributed by atoms with Gasteiger partial charge in [-0.05, 0) is 47.2 Å². The van der Waals surface area contributed by atoms with Gasteiger partial charge in [0.25, 0.3) is 5.91 Å². The van der Waals surface area contributed by atoms with Crippen LogP contribution in [-0.2, 0) is 11.3 Å². The van der Waals surface area contributed by atoms with E-state index in [0.717, 1.165) is 28.0 Å². The van der Waals surface area contributed by atoms with E-state index in [2.05, 4.69) is 38.1 Å². The van der Waals surface area contributed by atoms with Gasteiger partial charge in [-0.15, -0.1) is 0 Å². The molecular weight excluding hydrogens is 398 g/mol. The van der Waals surface area contributed by atoms with Crippen molar-refractivity contribution in [3.63, 3.8) is 0 Å². The molecule has 0 spiro atoms. The van der Waals surface area contributed by atoms with E-state index >= 15 is 0 Å². The molecule has 1 amide bonds. The van der Waals surface area contributed by atoms with E-state index in [-0.39, 0.29) is 17.7 Å². The van der Waals surface area contributed by atoms with Gasteiger partial charge in [-0.2, -0.15) is 0 Å². The smallest absolute Gasteiger partial charge is 0.290 e. The molecule has 1 N–H and O–H groups in total. The Balaban J connectivity index is 1.79. The zero-order chi connectivity index (χ0) is 22.8. The summed E-state index contributed by atoms with van der Waals surface area (Å²) < 4.78 is 5.35. The van der Waals surface area contributed by atoms with Gasteiger partial charge >= 0.3 is 0 Å². The number of carbonyl (C=O) groups excluding carboxylic acids is 1. The van der Waals surface area contributed by atoms with Crippen LogP contribution < -0.4 is 4.74 Å². The fourth-order valence-electron chi connectivity index (χ4n) is 4.22. The van der Waals surface area contributed by atoms with E-state index in [0.29, 0.717) is 18.0 Å². The minimum atomic E-state index is -0.377. The molecule has 3 aromatic rings. The zero-order valence-electron chi connectivity index (χ0n) is 19.0. The first kappa shape index (κ1) is 21.7. The Hall–Kier alpha value is -3.53. The minimum Gasteiger partial charge on any atom is -0.503 e. The number of hydrogen-bond acceptors (Lipinski definition) is 3. The summed E-state index contributed by atoms with van der Waals surface area (Å²) in [6, 6.07) is 23.6. The number of nitrogens with zero attached hydrogens (tertiary/aromatic N) is 1. The molecule has 1 aliphatic heterocycles. The van der Waals surface area contributed by atoms with Crippen LogP contribution in [0.2, 0.25) is 0 Å². The molecule has 4 heteroatoms. The van der Waals surface area contributed by atoms with Crippen molar-refractivity contribution in [2.45, 2.75) is 39.3 Å². The summed E-state index contributed by atoms with van der Waals surface area (Å²) in [5.74, 6) is 0.613. The number of ether oxygens (including phenoxy) is 1. The number of benzene rings is 3. The predicted octanol–water partition coefficient (Wildman–Crippen LogP) is 6.18. The van der Waals surface area contributed by atoms with Crippen LogP contribution in [0, 0.1) is 6.92 Å². The molecule has 1 heterocycles. The largest absolute Gasteiger partial charge is 0.503 e. The highest BCUT2D eigenvalue weighted by Crippen LogP contribution is 2.44. The monoisotopic (exact) mass is 427 g/mol. The maximum atomic E-state index is 13.3. The summed E-state index contributed by atoms with van der Waals surface area (Å²) in [6.07, 6.45) is 0. The second kappa shape index (κ2) is 8.91. The molecule has 0 radical (unpaired) electrons. The van der Waals surface area contributed by atoms with E-state index in [9.17, 15) is 9.90 Å². The molecule has 0 saturated carbocycles.